The molecule has 0 aromatic heterocycles. The van der Waals surface area contributed by atoms with Crippen LogP contribution in [0.3, 0.4) is 0 Å². The lowest BCUT2D eigenvalue weighted by atomic mass is 10.2. The van der Waals surface area contributed by atoms with Crippen molar-refractivity contribution in [1.82, 2.24) is 4.90 Å². The zero-order valence-electron chi connectivity index (χ0n) is 8.86. The van der Waals surface area contributed by atoms with E-state index in [1.165, 1.54) is 6.42 Å². The van der Waals surface area contributed by atoms with Crippen molar-refractivity contribution in [1.29, 1.82) is 0 Å². The smallest absolute Gasteiger partial charge is 0.240 e. The fourth-order valence-electron chi connectivity index (χ4n) is 1.59. The Hall–Kier alpha value is -1.01. The third kappa shape index (κ3) is 2.74. The van der Waals surface area contributed by atoms with Crippen molar-refractivity contribution in [2.75, 3.05) is 13.6 Å². The van der Waals surface area contributed by atoms with Gasteiger partial charge in [0.25, 0.3) is 0 Å². The molecule has 0 heterocycles. The molecule has 0 saturated heterocycles. The van der Waals surface area contributed by atoms with Crippen molar-refractivity contribution >= 4 is 5.91 Å². The monoisotopic (exact) mass is 194 g/mol. The molecule has 2 N–H and O–H groups in total. The van der Waals surface area contributed by atoms with Crippen LogP contribution >= 0.6 is 0 Å². The Bertz CT molecular complexity index is 257. The van der Waals surface area contributed by atoms with Gasteiger partial charge in [0.05, 0.1) is 6.04 Å². The van der Waals surface area contributed by atoms with E-state index in [1.54, 1.807) is 11.9 Å². The Morgan fingerprint density at radius 1 is 1.79 bits per heavy atom. The number of rotatable bonds is 4. The zero-order valence-corrected chi connectivity index (χ0v) is 8.86. The van der Waals surface area contributed by atoms with Crippen LogP contribution in [-0.2, 0) is 4.79 Å². The van der Waals surface area contributed by atoms with Gasteiger partial charge in [-0.2, -0.15) is 0 Å². The summed E-state index contributed by atoms with van der Waals surface area (Å²) in [7, 11) is 1.80. The van der Waals surface area contributed by atoms with Gasteiger partial charge in [-0.1, -0.05) is 6.92 Å². The van der Waals surface area contributed by atoms with Gasteiger partial charge in [0.1, 0.15) is 0 Å². The molecule has 0 spiro atoms. The van der Waals surface area contributed by atoms with Gasteiger partial charge in [0.2, 0.25) is 5.91 Å². The van der Waals surface area contributed by atoms with Crippen LogP contribution in [0, 0.1) is 24.2 Å². The Morgan fingerprint density at radius 3 is 2.79 bits per heavy atom. The van der Waals surface area contributed by atoms with E-state index >= 15 is 0 Å². The molecule has 3 heteroatoms. The maximum Gasteiger partial charge on any atom is 0.240 e. The highest BCUT2D eigenvalue weighted by atomic mass is 16.2. The first-order chi connectivity index (χ1) is 6.56. The van der Waals surface area contributed by atoms with Gasteiger partial charge in [-0.15, -0.1) is 12.3 Å². The minimum absolute atomic E-state index is 0.0398. The molecule has 3 nitrogen and oxygen atoms in total. The lowest BCUT2D eigenvalue weighted by molar-refractivity contribution is -0.131. The average molecular weight is 194 g/mol. The second-order valence-electron chi connectivity index (χ2n) is 4.21. The summed E-state index contributed by atoms with van der Waals surface area (Å²) in [6.07, 6.45) is 6.65. The molecule has 0 aromatic rings. The van der Waals surface area contributed by atoms with Crippen LogP contribution < -0.4 is 5.73 Å². The molecule has 0 radical (unpaired) electrons. The molecule has 1 amide bonds. The van der Waals surface area contributed by atoms with Crippen LogP contribution in [0.1, 0.15) is 19.8 Å². The summed E-state index contributed by atoms with van der Waals surface area (Å²) >= 11 is 0. The fourth-order valence-corrected chi connectivity index (χ4v) is 1.59. The highest BCUT2D eigenvalue weighted by Gasteiger charge is 2.34. The number of terminal acetylenes is 1. The third-order valence-corrected chi connectivity index (χ3v) is 2.82. The number of hydrogen-bond donors (Lipinski definition) is 1. The van der Waals surface area contributed by atoms with Gasteiger partial charge in [-0.3, -0.25) is 4.79 Å². The highest BCUT2D eigenvalue weighted by molar-refractivity contribution is 5.81. The van der Waals surface area contributed by atoms with E-state index in [0.29, 0.717) is 12.3 Å². The quantitative estimate of drug-likeness (QED) is 0.661. The zero-order chi connectivity index (χ0) is 10.7. The lowest BCUT2D eigenvalue weighted by Crippen LogP contribution is -2.42. The topological polar surface area (TPSA) is 46.3 Å². The second kappa shape index (κ2) is 4.47. The minimum Gasteiger partial charge on any atom is -0.344 e. The van der Waals surface area contributed by atoms with Gasteiger partial charge in [-0.25, -0.2) is 0 Å². The van der Waals surface area contributed by atoms with Crippen molar-refractivity contribution in [3.63, 3.8) is 0 Å². The van der Waals surface area contributed by atoms with Gasteiger partial charge < -0.3 is 10.6 Å². The van der Waals surface area contributed by atoms with Crippen molar-refractivity contribution in [2.24, 2.45) is 17.6 Å². The molecule has 3 atom stereocenters. The maximum atomic E-state index is 11.6. The van der Waals surface area contributed by atoms with E-state index in [1.807, 2.05) is 0 Å². The van der Waals surface area contributed by atoms with E-state index in [0.717, 1.165) is 12.5 Å². The summed E-state index contributed by atoms with van der Waals surface area (Å²) in [5, 5.41) is 0. The number of carbonyl (C=O) groups is 1. The molecule has 0 aromatic carbocycles. The van der Waals surface area contributed by atoms with Crippen LogP contribution in [0.2, 0.25) is 0 Å². The standard InChI is InChI=1S/C11H18N2O/c1-4-5-10(12)11(14)13(3)7-9-6-8(9)2/h1,8-10H,5-7,12H2,2-3H3. The molecule has 0 aliphatic heterocycles. The molecule has 1 saturated carbocycles. The SMILES string of the molecule is C#CCC(N)C(=O)N(C)CC1CC1C. The van der Waals surface area contributed by atoms with Crippen molar-refractivity contribution in [3.05, 3.63) is 0 Å². The van der Waals surface area contributed by atoms with Crippen molar-refractivity contribution in [3.8, 4) is 12.3 Å². The second-order valence-corrected chi connectivity index (χ2v) is 4.21. The lowest BCUT2D eigenvalue weighted by Gasteiger charge is -2.20. The molecular weight excluding hydrogens is 176 g/mol. The fraction of sp³-hybridized carbons (Fsp3) is 0.727. The molecule has 1 fully saturated rings. The first-order valence-electron chi connectivity index (χ1n) is 5.00. The van der Waals surface area contributed by atoms with E-state index in [9.17, 15) is 4.79 Å². The van der Waals surface area contributed by atoms with Crippen LogP contribution in [-0.4, -0.2) is 30.4 Å². The number of likely N-dealkylation sites (N-methyl/N-ethyl adjacent to an activating group) is 1. The number of hydrogen-bond acceptors (Lipinski definition) is 2. The molecule has 0 bridgehead atoms. The van der Waals surface area contributed by atoms with Crippen molar-refractivity contribution < 1.29 is 4.79 Å². The summed E-state index contributed by atoms with van der Waals surface area (Å²) < 4.78 is 0. The van der Waals surface area contributed by atoms with Crippen LogP contribution in [0.25, 0.3) is 0 Å². The first-order valence-corrected chi connectivity index (χ1v) is 5.00. The first kappa shape index (κ1) is 11.1. The van der Waals surface area contributed by atoms with Crippen LogP contribution in [0.15, 0.2) is 0 Å². The highest BCUT2D eigenvalue weighted by Crippen LogP contribution is 2.37. The van der Waals surface area contributed by atoms with Gasteiger partial charge in [0, 0.05) is 20.0 Å². The number of carbonyl (C=O) groups excluding carboxylic acids is 1. The Labute approximate surface area is 85.6 Å². The van der Waals surface area contributed by atoms with Crippen LogP contribution in [0.4, 0.5) is 0 Å². The average Bonchev–Trinajstić information content (AvgIpc) is 2.80. The number of nitrogens with two attached hydrogens (primary N) is 1. The van der Waals surface area contributed by atoms with E-state index in [2.05, 4.69) is 12.8 Å². The summed E-state index contributed by atoms with van der Waals surface area (Å²) in [6, 6.07) is -0.529. The van der Waals surface area contributed by atoms with Crippen molar-refractivity contribution in [2.45, 2.75) is 25.8 Å². The van der Waals surface area contributed by atoms with Gasteiger partial charge in [-0.05, 0) is 18.3 Å². The molecular formula is C11H18N2O. The Balaban J connectivity index is 2.32. The predicted molar refractivity (Wildman–Crippen MR) is 56.3 cm³/mol. The van der Waals surface area contributed by atoms with Gasteiger partial charge in [0.15, 0.2) is 0 Å². The molecule has 1 rings (SSSR count). The Kier molecular flexibility index (Phi) is 3.54. The summed E-state index contributed by atoms with van der Waals surface area (Å²) in [5.74, 6) is 3.80. The largest absolute Gasteiger partial charge is 0.344 e. The normalized spacial score (nSPS) is 26.4. The predicted octanol–water partition coefficient (Wildman–Crippen LogP) is 0.451. The van der Waals surface area contributed by atoms with E-state index in [-0.39, 0.29) is 5.91 Å². The van der Waals surface area contributed by atoms with Gasteiger partial charge >= 0.3 is 0 Å². The number of amides is 1. The molecule has 1 aliphatic rings. The minimum atomic E-state index is -0.529. The summed E-state index contributed by atoms with van der Waals surface area (Å²) in [5.41, 5.74) is 5.63. The Morgan fingerprint density at radius 2 is 2.36 bits per heavy atom. The van der Waals surface area contributed by atoms with E-state index < -0.39 is 6.04 Å². The molecule has 14 heavy (non-hydrogen) atoms. The van der Waals surface area contributed by atoms with Crippen LogP contribution in [0.5, 0.6) is 0 Å². The molecule has 78 valence electrons. The molecule has 1 aliphatic carbocycles. The maximum absolute atomic E-state index is 11.6. The summed E-state index contributed by atoms with van der Waals surface area (Å²) in [4.78, 5) is 13.3. The molecule has 3 unspecified atom stereocenters. The van der Waals surface area contributed by atoms with E-state index in [4.69, 9.17) is 12.2 Å². The number of nitrogens with zero attached hydrogens (tertiary/aromatic N) is 1. The summed E-state index contributed by atoms with van der Waals surface area (Å²) in [6.45, 7) is 3.02. The third-order valence-electron chi connectivity index (χ3n) is 2.82.